The van der Waals surface area contributed by atoms with Crippen molar-refractivity contribution in [2.75, 3.05) is 30.3 Å². The molecule has 132 valence electrons. The topological polar surface area (TPSA) is 79.3 Å². The lowest BCUT2D eigenvalue weighted by atomic mass is 10.1. The number of nitrogens with one attached hydrogen (secondary N) is 2. The van der Waals surface area contributed by atoms with Gasteiger partial charge in [0.1, 0.15) is 5.82 Å². The van der Waals surface area contributed by atoms with Crippen molar-refractivity contribution in [3.63, 3.8) is 0 Å². The normalized spacial score (nSPS) is 13.8. The Kier molecular flexibility index (Phi) is 5.02. The minimum absolute atomic E-state index is 0.0518. The Hall–Kier alpha value is -2.83. The zero-order valence-electron chi connectivity index (χ0n) is 14.6. The summed E-state index contributed by atoms with van der Waals surface area (Å²) < 4.78 is 1.63. The molecular formula is C18H23N5O2. The number of carbonyl (C=O) groups is 2. The molecule has 2 N–H and O–H groups in total. The summed E-state index contributed by atoms with van der Waals surface area (Å²) in [5.74, 6) is 0.539. The lowest BCUT2D eigenvalue weighted by molar-refractivity contribution is -0.114. The van der Waals surface area contributed by atoms with Crippen LogP contribution >= 0.6 is 0 Å². The van der Waals surface area contributed by atoms with Crippen LogP contribution in [0.3, 0.4) is 0 Å². The van der Waals surface area contributed by atoms with E-state index in [4.69, 9.17) is 0 Å². The summed E-state index contributed by atoms with van der Waals surface area (Å²) in [4.78, 5) is 26.4. The van der Waals surface area contributed by atoms with E-state index in [0.717, 1.165) is 37.3 Å². The van der Waals surface area contributed by atoms with Gasteiger partial charge in [0.05, 0.1) is 12.2 Å². The smallest absolute Gasteiger partial charge is 0.253 e. The fourth-order valence-corrected chi connectivity index (χ4v) is 2.96. The van der Waals surface area contributed by atoms with E-state index in [1.54, 1.807) is 17.8 Å². The largest absolute Gasteiger partial charge is 0.376 e. The summed E-state index contributed by atoms with van der Waals surface area (Å²) in [6, 6.07) is 9.09. The van der Waals surface area contributed by atoms with Gasteiger partial charge < -0.3 is 15.5 Å². The van der Waals surface area contributed by atoms with Gasteiger partial charge in [-0.25, -0.2) is 0 Å². The molecule has 25 heavy (non-hydrogen) atoms. The van der Waals surface area contributed by atoms with Gasteiger partial charge in [0.15, 0.2) is 0 Å². The molecule has 1 aromatic carbocycles. The van der Waals surface area contributed by atoms with Crippen LogP contribution in [0.1, 0.15) is 28.9 Å². The fourth-order valence-electron chi connectivity index (χ4n) is 2.96. The third-order valence-electron chi connectivity index (χ3n) is 4.23. The van der Waals surface area contributed by atoms with E-state index in [9.17, 15) is 9.59 Å². The van der Waals surface area contributed by atoms with Crippen molar-refractivity contribution < 1.29 is 9.59 Å². The van der Waals surface area contributed by atoms with E-state index < -0.39 is 0 Å². The second-order valence-electron chi connectivity index (χ2n) is 6.28. The van der Waals surface area contributed by atoms with E-state index in [1.165, 1.54) is 0 Å². The number of anilines is 2. The maximum atomic E-state index is 12.4. The molecule has 0 bridgehead atoms. The van der Waals surface area contributed by atoms with Crippen molar-refractivity contribution in [3.05, 3.63) is 41.6 Å². The Morgan fingerprint density at radius 2 is 1.96 bits per heavy atom. The van der Waals surface area contributed by atoms with Crippen molar-refractivity contribution in [1.29, 1.82) is 0 Å². The second kappa shape index (κ2) is 7.38. The third-order valence-corrected chi connectivity index (χ3v) is 4.23. The molecule has 7 nitrogen and oxygen atoms in total. The molecule has 2 amide bonds. The van der Waals surface area contributed by atoms with Gasteiger partial charge in [0.25, 0.3) is 5.91 Å². The molecule has 0 spiro atoms. The molecule has 2 heterocycles. The molecule has 3 rings (SSSR count). The number of carbonyl (C=O) groups excluding carboxylic acids is 2. The van der Waals surface area contributed by atoms with Crippen molar-refractivity contribution in [1.82, 2.24) is 14.7 Å². The molecule has 1 aliphatic heterocycles. The first kappa shape index (κ1) is 17.0. The molecule has 0 atom stereocenters. The molecule has 0 radical (unpaired) electrons. The third kappa shape index (κ3) is 4.17. The van der Waals surface area contributed by atoms with Crippen LogP contribution in [0, 0.1) is 6.92 Å². The number of aromatic nitrogens is 2. The molecule has 2 aromatic rings. The second-order valence-corrected chi connectivity index (χ2v) is 6.28. The maximum absolute atomic E-state index is 12.4. The number of likely N-dealkylation sites (tertiary alicyclic amines) is 1. The minimum atomic E-state index is -0.167. The molecule has 7 heteroatoms. The molecule has 0 unspecified atom stereocenters. The average molecular weight is 341 g/mol. The van der Waals surface area contributed by atoms with Crippen LogP contribution in [0.2, 0.25) is 0 Å². The number of hydrogen-bond donors (Lipinski definition) is 2. The van der Waals surface area contributed by atoms with Gasteiger partial charge in [0, 0.05) is 37.5 Å². The van der Waals surface area contributed by atoms with Gasteiger partial charge in [-0.2, -0.15) is 5.10 Å². The van der Waals surface area contributed by atoms with Crippen molar-refractivity contribution in [2.24, 2.45) is 7.05 Å². The number of amides is 2. The van der Waals surface area contributed by atoms with Crippen LogP contribution < -0.4 is 10.6 Å². The van der Waals surface area contributed by atoms with Gasteiger partial charge in [-0.05, 0) is 38.0 Å². The van der Waals surface area contributed by atoms with Crippen molar-refractivity contribution in [3.8, 4) is 0 Å². The van der Waals surface area contributed by atoms with E-state index >= 15 is 0 Å². The molecule has 1 aliphatic rings. The molecule has 0 saturated carbocycles. The summed E-state index contributed by atoms with van der Waals surface area (Å²) in [6.07, 6.45) is 2.13. The lowest BCUT2D eigenvalue weighted by Gasteiger charge is -2.16. The number of rotatable bonds is 5. The number of aryl methyl sites for hydroxylation is 2. The summed E-state index contributed by atoms with van der Waals surface area (Å²) in [5.41, 5.74) is 2.25. The van der Waals surface area contributed by atoms with Crippen LogP contribution in [0.15, 0.2) is 30.3 Å². The molecule has 1 aromatic heterocycles. The highest BCUT2D eigenvalue weighted by Gasteiger charge is 2.19. The summed E-state index contributed by atoms with van der Waals surface area (Å²) in [6.45, 7) is 3.63. The highest BCUT2D eigenvalue weighted by atomic mass is 16.2. The van der Waals surface area contributed by atoms with E-state index in [1.807, 2.05) is 36.1 Å². The van der Waals surface area contributed by atoms with Crippen LogP contribution in [-0.4, -0.2) is 46.1 Å². The summed E-state index contributed by atoms with van der Waals surface area (Å²) >= 11 is 0. The van der Waals surface area contributed by atoms with Crippen LogP contribution in [0.4, 0.5) is 11.5 Å². The highest BCUT2D eigenvalue weighted by molar-refractivity contribution is 5.96. The van der Waals surface area contributed by atoms with Crippen LogP contribution in [0.5, 0.6) is 0 Å². The van der Waals surface area contributed by atoms with Gasteiger partial charge in [0.2, 0.25) is 5.91 Å². The van der Waals surface area contributed by atoms with Crippen molar-refractivity contribution in [2.45, 2.75) is 19.8 Å². The van der Waals surface area contributed by atoms with Gasteiger partial charge in [-0.3, -0.25) is 14.3 Å². The Labute approximate surface area is 147 Å². The minimum Gasteiger partial charge on any atom is -0.376 e. The molecule has 1 fully saturated rings. The van der Waals surface area contributed by atoms with Crippen molar-refractivity contribution >= 4 is 23.3 Å². The first-order chi connectivity index (χ1) is 12.0. The van der Waals surface area contributed by atoms with Gasteiger partial charge in [-0.1, -0.05) is 6.07 Å². The van der Waals surface area contributed by atoms with Gasteiger partial charge >= 0.3 is 0 Å². The van der Waals surface area contributed by atoms with Crippen LogP contribution in [0.25, 0.3) is 0 Å². The quantitative estimate of drug-likeness (QED) is 0.872. The first-order valence-electron chi connectivity index (χ1n) is 8.46. The predicted octanol–water partition coefficient (Wildman–Crippen LogP) is 2.02. The summed E-state index contributed by atoms with van der Waals surface area (Å²) in [5, 5.41) is 10.1. The lowest BCUT2D eigenvalue weighted by Crippen LogP contribution is -2.27. The number of benzene rings is 1. The number of hydrogen-bond acceptors (Lipinski definition) is 4. The first-order valence-corrected chi connectivity index (χ1v) is 8.46. The molecule has 1 saturated heterocycles. The SMILES string of the molecule is Cc1cc(NC(=O)CNc2cccc(C(=O)N3CCCC3)c2)n(C)n1. The zero-order valence-corrected chi connectivity index (χ0v) is 14.6. The highest BCUT2D eigenvalue weighted by Crippen LogP contribution is 2.16. The Bertz CT molecular complexity index is 778. The average Bonchev–Trinajstić information content (AvgIpc) is 3.23. The van der Waals surface area contributed by atoms with E-state index in [-0.39, 0.29) is 18.4 Å². The van der Waals surface area contributed by atoms with Crippen LogP contribution in [-0.2, 0) is 11.8 Å². The van der Waals surface area contributed by atoms with Gasteiger partial charge in [-0.15, -0.1) is 0 Å². The Morgan fingerprint density at radius 1 is 1.20 bits per heavy atom. The molecule has 0 aliphatic carbocycles. The monoisotopic (exact) mass is 341 g/mol. The molecular weight excluding hydrogens is 318 g/mol. The number of nitrogens with zero attached hydrogens (tertiary/aromatic N) is 3. The maximum Gasteiger partial charge on any atom is 0.253 e. The fraction of sp³-hybridized carbons (Fsp3) is 0.389. The van der Waals surface area contributed by atoms with E-state index in [0.29, 0.717) is 11.4 Å². The predicted molar refractivity (Wildman–Crippen MR) is 96.6 cm³/mol. The summed E-state index contributed by atoms with van der Waals surface area (Å²) in [7, 11) is 1.78. The Morgan fingerprint density at radius 3 is 2.64 bits per heavy atom. The standard InChI is InChI=1S/C18H23N5O2/c1-13-10-16(22(2)21-13)20-17(24)12-19-15-7-5-6-14(11-15)18(25)23-8-3-4-9-23/h5-7,10-11,19H,3-4,8-9,12H2,1-2H3,(H,20,24). The zero-order chi connectivity index (χ0) is 17.8. The Balaban J connectivity index is 1.57. The van der Waals surface area contributed by atoms with E-state index in [2.05, 4.69) is 15.7 Å².